The van der Waals surface area contributed by atoms with Gasteiger partial charge in [-0.2, -0.15) is 0 Å². The number of phenols is 1. The van der Waals surface area contributed by atoms with E-state index in [4.69, 9.17) is 5.73 Å². The molecule has 37 heavy (non-hydrogen) atoms. The topological polar surface area (TPSA) is 160 Å². The summed E-state index contributed by atoms with van der Waals surface area (Å²) in [7, 11) is 1.35. The van der Waals surface area contributed by atoms with E-state index in [0.717, 1.165) is 12.0 Å². The molecule has 0 saturated heterocycles. The molecule has 1 unspecified atom stereocenters. The highest BCUT2D eigenvalue weighted by Crippen LogP contribution is 2.13. The predicted octanol–water partition coefficient (Wildman–Crippen LogP) is 1.78. The van der Waals surface area contributed by atoms with Crippen molar-refractivity contribution in [2.75, 3.05) is 13.7 Å². The number of hydrogen-bond donors (Lipinski definition) is 5. The quantitative estimate of drug-likeness (QED) is 0.164. The van der Waals surface area contributed by atoms with Gasteiger partial charge in [-0.25, -0.2) is 0 Å². The van der Waals surface area contributed by atoms with E-state index < -0.39 is 29.9 Å². The molecule has 0 aromatic heterocycles. The maximum absolute atomic E-state index is 13.3. The smallest absolute Gasteiger partial charge is 0.305 e. The van der Waals surface area contributed by atoms with Crippen LogP contribution in [0.3, 0.4) is 0 Å². The van der Waals surface area contributed by atoms with Gasteiger partial charge in [-0.1, -0.05) is 52.7 Å². The minimum atomic E-state index is -0.959. The van der Waals surface area contributed by atoms with Crippen molar-refractivity contribution in [1.29, 1.82) is 0 Å². The van der Waals surface area contributed by atoms with Crippen LogP contribution in [0.2, 0.25) is 0 Å². The molecule has 1 aromatic carbocycles. The maximum atomic E-state index is 13.3. The minimum absolute atomic E-state index is 0.0921. The fourth-order valence-corrected chi connectivity index (χ4v) is 3.60. The van der Waals surface area contributed by atoms with E-state index in [9.17, 15) is 24.3 Å². The Labute approximate surface area is 220 Å². The van der Waals surface area contributed by atoms with Gasteiger partial charge in [-0.3, -0.25) is 19.2 Å². The first kappa shape index (κ1) is 31.9. The summed E-state index contributed by atoms with van der Waals surface area (Å²) >= 11 is 0. The number of nitrogens with one attached hydrogen (secondary N) is 3. The molecule has 1 rings (SSSR count). The van der Waals surface area contributed by atoms with Crippen molar-refractivity contribution < 1.29 is 29.0 Å². The van der Waals surface area contributed by atoms with Gasteiger partial charge >= 0.3 is 5.97 Å². The zero-order chi connectivity index (χ0) is 28.0. The first-order valence-corrected chi connectivity index (χ1v) is 13.0. The molecule has 0 aliphatic carbocycles. The molecule has 10 heteroatoms. The van der Waals surface area contributed by atoms with Crippen LogP contribution in [0.1, 0.15) is 65.4 Å². The van der Waals surface area contributed by atoms with E-state index in [1.54, 1.807) is 12.1 Å². The lowest BCUT2D eigenvalue weighted by Crippen LogP contribution is -2.58. The third-order valence-electron chi connectivity index (χ3n) is 6.41. The second-order valence-electron chi connectivity index (χ2n) is 9.75. The Morgan fingerprint density at radius 3 is 2.16 bits per heavy atom. The van der Waals surface area contributed by atoms with Crippen LogP contribution in [0, 0.1) is 11.8 Å². The SMILES string of the molecule is CCC(C)[C@H](NC(=O)[C@H](Cc1ccc(O)cc1)NC(=O)[C@@H](N)C(C)C)C(=O)NCCCCCC(=O)OC. The van der Waals surface area contributed by atoms with Crippen LogP contribution in [0.25, 0.3) is 0 Å². The first-order valence-electron chi connectivity index (χ1n) is 13.0. The van der Waals surface area contributed by atoms with Gasteiger partial charge in [0.25, 0.3) is 0 Å². The monoisotopic (exact) mass is 520 g/mol. The molecule has 0 heterocycles. The van der Waals surface area contributed by atoms with Gasteiger partial charge in [0.1, 0.15) is 17.8 Å². The molecule has 6 N–H and O–H groups in total. The van der Waals surface area contributed by atoms with Crippen LogP contribution in [0.15, 0.2) is 24.3 Å². The zero-order valence-electron chi connectivity index (χ0n) is 22.7. The molecule has 0 aliphatic heterocycles. The van der Waals surface area contributed by atoms with Crippen LogP contribution < -0.4 is 21.7 Å². The van der Waals surface area contributed by atoms with Gasteiger partial charge in [-0.15, -0.1) is 0 Å². The molecular weight excluding hydrogens is 476 g/mol. The highest BCUT2D eigenvalue weighted by Gasteiger charge is 2.31. The van der Waals surface area contributed by atoms with Gasteiger partial charge in [0.15, 0.2) is 0 Å². The van der Waals surface area contributed by atoms with Crippen LogP contribution in [-0.2, 0) is 30.3 Å². The average molecular weight is 521 g/mol. The molecule has 1 aromatic rings. The van der Waals surface area contributed by atoms with E-state index in [2.05, 4.69) is 20.7 Å². The van der Waals surface area contributed by atoms with Crippen molar-refractivity contribution in [3.8, 4) is 5.75 Å². The summed E-state index contributed by atoms with van der Waals surface area (Å²) in [5.41, 5.74) is 6.72. The lowest BCUT2D eigenvalue weighted by Gasteiger charge is -2.27. The number of aromatic hydroxyl groups is 1. The number of carbonyl (C=O) groups excluding carboxylic acids is 4. The lowest BCUT2D eigenvalue weighted by molar-refractivity contribution is -0.140. The fraction of sp³-hybridized carbons (Fsp3) is 0.630. The van der Waals surface area contributed by atoms with Crippen molar-refractivity contribution in [3.05, 3.63) is 29.8 Å². The highest BCUT2D eigenvalue weighted by atomic mass is 16.5. The van der Waals surface area contributed by atoms with E-state index in [1.807, 2.05) is 27.7 Å². The first-order chi connectivity index (χ1) is 17.5. The Kier molecular flexibility index (Phi) is 14.3. The van der Waals surface area contributed by atoms with E-state index in [-0.39, 0.29) is 35.9 Å². The summed E-state index contributed by atoms with van der Waals surface area (Å²) in [6.07, 6.45) is 3.28. The number of esters is 1. The third kappa shape index (κ3) is 11.6. The molecule has 0 aliphatic rings. The molecule has 0 spiro atoms. The second kappa shape index (κ2) is 16.6. The van der Waals surface area contributed by atoms with Gasteiger partial charge < -0.3 is 31.5 Å². The highest BCUT2D eigenvalue weighted by molar-refractivity contribution is 5.93. The van der Waals surface area contributed by atoms with E-state index in [1.165, 1.54) is 19.2 Å². The van der Waals surface area contributed by atoms with Crippen LogP contribution >= 0.6 is 0 Å². The Balaban J connectivity index is 2.88. The van der Waals surface area contributed by atoms with Crippen molar-refractivity contribution in [1.82, 2.24) is 16.0 Å². The predicted molar refractivity (Wildman–Crippen MR) is 141 cm³/mol. The molecule has 3 amide bonds. The molecule has 4 atom stereocenters. The summed E-state index contributed by atoms with van der Waals surface area (Å²) in [4.78, 5) is 50.2. The normalized spacial score (nSPS) is 14.2. The number of carbonyl (C=O) groups is 4. The van der Waals surface area contributed by atoms with Crippen LogP contribution in [0.4, 0.5) is 0 Å². The molecule has 0 bridgehead atoms. The average Bonchev–Trinajstić information content (AvgIpc) is 2.88. The number of hydrogen-bond acceptors (Lipinski definition) is 7. The Morgan fingerprint density at radius 2 is 1.59 bits per heavy atom. The van der Waals surface area contributed by atoms with Crippen molar-refractivity contribution in [3.63, 3.8) is 0 Å². The number of methoxy groups -OCH3 is 1. The van der Waals surface area contributed by atoms with Gasteiger partial charge in [0, 0.05) is 19.4 Å². The minimum Gasteiger partial charge on any atom is -0.508 e. The third-order valence-corrected chi connectivity index (χ3v) is 6.41. The number of ether oxygens (including phenoxy) is 1. The lowest BCUT2D eigenvalue weighted by atomic mass is 9.96. The summed E-state index contributed by atoms with van der Waals surface area (Å²) < 4.78 is 4.62. The van der Waals surface area contributed by atoms with E-state index >= 15 is 0 Å². The summed E-state index contributed by atoms with van der Waals surface area (Å²) in [6.45, 7) is 7.86. The molecule has 0 fully saturated rings. The largest absolute Gasteiger partial charge is 0.508 e. The molecule has 10 nitrogen and oxygen atoms in total. The number of rotatable bonds is 16. The summed E-state index contributed by atoms with van der Waals surface area (Å²) in [5, 5.41) is 18.0. The maximum Gasteiger partial charge on any atom is 0.305 e. The number of unbranched alkanes of at least 4 members (excludes halogenated alkanes) is 2. The fourth-order valence-electron chi connectivity index (χ4n) is 3.60. The summed E-state index contributed by atoms with van der Waals surface area (Å²) in [5.74, 6) is -1.68. The number of phenolic OH excluding ortho intramolecular Hbond substituents is 1. The zero-order valence-corrected chi connectivity index (χ0v) is 22.7. The summed E-state index contributed by atoms with van der Waals surface area (Å²) in [6, 6.07) is 3.82. The Morgan fingerprint density at radius 1 is 0.946 bits per heavy atom. The standard InChI is InChI=1S/C27H44N4O6/c1-6-18(4)24(27(36)29-15-9-7-8-10-22(33)37-5)31-25(34)21(30-26(35)23(28)17(2)3)16-19-11-13-20(32)14-12-19/h11-14,17-18,21,23-24,32H,6-10,15-16,28H2,1-5H3,(H,29,36)(H,30,35)(H,31,34)/t18?,21-,23-,24-/m0/s1. The molecule has 0 saturated carbocycles. The number of nitrogens with two attached hydrogens (primary N) is 1. The van der Waals surface area contributed by atoms with Crippen molar-refractivity contribution in [2.24, 2.45) is 17.6 Å². The van der Waals surface area contributed by atoms with Gasteiger partial charge in [0.05, 0.1) is 13.2 Å². The van der Waals surface area contributed by atoms with Crippen LogP contribution in [0.5, 0.6) is 5.75 Å². The van der Waals surface area contributed by atoms with Crippen LogP contribution in [-0.4, -0.2) is 60.6 Å². The molecule has 0 radical (unpaired) electrons. The number of benzene rings is 1. The second-order valence-corrected chi connectivity index (χ2v) is 9.75. The van der Waals surface area contributed by atoms with Crippen molar-refractivity contribution >= 4 is 23.7 Å². The van der Waals surface area contributed by atoms with Gasteiger partial charge in [0.2, 0.25) is 17.7 Å². The van der Waals surface area contributed by atoms with Gasteiger partial charge in [-0.05, 0) is 42.4 Å². The van der Waals surface area contributed by atoms with Crippen molar-refractivity contribution in [2.45, 2.75) is 84.3 Å². The Bertz CT molecular complexity index is 874. The molecule has 208 valence electrons. The Hall–Kier alpha value is -3.14. The number of amides is 3. The van der Waals surface area contributed by atoms with E-state index in [0.29, 0.717) is 32.2 Å². The molecular formula is C27H44N4O6.